The molecular formula is C16H25NO2. The van der Waals surface area contributed by atoms with E-state index in [-0.39, 0.29) is 0 Å². The molecule has 19 heavy (non-hydrogen) atoms. The molecule has 1 aliphatic rings. The largest absolute Gasteiger partial charge is 0.496 e. The Kier molecular flexibility index (Phi) is 5.23. The molecule has 0 saturated carbocycles. The molecule has 1 saturated heterocycles. The van der Waals surface area contributed by atoms with Crippen LogP contribution in [0.1, 0.15) is 38.3 Å². The van der Waals surface area contributed by atoms with Gasteiger partial charge in [0.1, 0.15) is 5.75 Å². The van der Waals surface area contributed by atoms with E-state index in [1.807, 2.05) is 12.1 Å². The smallest absolute Gasteiger partial charge is 0.123 e. The number of methoxy groups -OCH3 is 1. The summed E-state index contributed by atoms with van der Waals surface area (Å²) < 4.78 is 11.3. The van der Waals surface area contributed by atoms with E-state index in [0.29, 0.717) is 18.1 Å². The first-order chi connectivity index (χ1) is 9.27. The van der Waals surface area contributed by atoms with Crippen LogP contribution in [-0.4, -0.2) is 26.4 Å². The van der Waals surface area contributed by atoms with Crippen molar-refractivity contribution in [3.05, 3.63) is 29.8 Å². The minimum absolute atomic E-state index is 0.305. The van der Waals surface area contributed by atoms with Crippen LogP contribution >= 0.6 is 0 Å². The van der Waals surface area contributed by atoms with E-state index < -0.39 is 0 Å². The number of hydrogen-bond donors (Lipinski definition) is 1. The Labute approximate surface area is 116 Å². The first-order valence-electron chi connectivity index (χ1n) is 7.25. The molecule has 1 N–H and O–H groups in total. The van der Waals surface area contributed by atoms with E-state index in [4.69, 9.17) is 9.47 Å². The minimum atomic E-state index is 0.305. The Morgan fingerprint density at radius 3 is 2.84 bits per heavy atom. The predicted octanol–water partition coefficient (Wildman–Crippen LogP) is 3.16. The molecule has 3 nitrogen and oxygen atoms in total. The van der Waals surface area contributed by atoms with Crippen LogP contribution in [0.25, 0.3) is 0 Å². The standard InChI is InChI=1S/C16H25NO2/c1-4-10-17-16(13-9-11-19-12(13)2)14-7-5-6-8-15(14)18-3/h5-8,12-13,16-17H,4,9-11H2,1-3H3. The van der Waals surface area contributed by atoms with Crippen molar-refractivity contribution >= 4 is 0 Å². The van der Waals surface area contributed by atoms with Crippen LogP contribution < -0.4 is 10.1 Å². The van der Waals surface area contributed by atoms with Crippen LogP contribution in [0.15, 0.2) is 24.3 Å². The van der Waals surface area contributed by atoms with E-state index >= 15 is 0 Å². The third-order valence-corrected chi connectivity index (χ3v) is 3.95. The molecule has 0 spiro atoms. The summed E-state index contributed by atoms with van der Waals surface area (Å²) in [5, 5.41) is 3.67. The quantitative estimate of drug-likeness (QED) is 0.855. The second kappa shape index (κ2) is 6.92. The molecule has 106 valence electrons. The zero-order chi connectivity index (χ0) is 13.7. The normalized spacial score (nSPS) is 24.4. The monoisotopic (exact) mass is 263 g/mol. The fourth-order valence-electron chi connectivity index (χ4n) is 2.90. The third-order valence-electron chi connectivity index (χ3n) is 3.95. The summed E-state index contributed by atoms with van der Waals surface area (Å²) in [4.78, 5) is 0. The highest BCUT2D eigenvalue weighted by molar-refractivity contribution is 5.36. The van der Waals surface area contributed by atoms with Crippen LogP contribution in [0.5, 0.6) is 5.75 Å². The highest BCUT2D eigenvalue weighted by atomic mass is 16.5. The fraction of sp³-hybridized carbons (Fsp3) is 0.625. The van der Waals surface area contributed by atoms with Gasteiger partial charge < -0.3 is 14.8 Å². The van der Waals surface area contributed by atoms with Gasteiger partial charge in [0, 0.05) is 24.1 Å². The van der Waals surface area contributed by atoms with Crippen molar-refractivity contribution in [1.29, 1.82) is 0 Å². The third kappa shape index (κ3) is 3.28. The molecule has 0 bridgehead atoms. The van der Waals surface area contributed by atoms with Gasteiger partial charge in [-0.3, -0.25) is 0 Å². The zero-order valence-electron chi connectivity index (χ0n) is 12.2. The van der Waals surface area contributed by atoms with Gasteiger partial charge in [-0.1, -0.05) is 25.1 Å². The van der Waals surface area contributed by atoms with Crippen molar-refractivity contribution in [2.24, 2.45) is 5.92 Å². The van der Waals surface area contributed by atoms with E-state index in [9.17, 15) is 0 Å². The number of rotatable bonds is 6. The van der Waals surface area contributed by atoms with Gasteiger partial charge >= 0.3 is 0 Å². The first kappa shape index (κ1) is 14.4. The molecular weight excluding hydrogens is 238 g/mol. The fourth-order valence-corrected chi connectivity index (χ4v) is 2.90. The molecule has 3 unspecified atom stereocenters. The molecule has 1 fully saturated rings. The van der Waals surface area contributed by atoms with Crippen LogP contribution in [0.4, 0.5) is 0 Å². The molecule has 0 aromatic heterocycles. The number of para-hydroxylation sites is 1. The van der Waals surface area contributed by atoms with Crippen LogP contribution in [0.3, 0.4) is 0 Å². The molecule has 1 aliphatic heterocycles. The Morgan fingerprint density at radius 1 is 1.42 bits per heavy atom. The topological polar surface area (TPSA) is 30.5 Å². The maximum absolute atomic E-state index is 5.74. The second-order valence-corrected chi connectivity index (χ2v) is 5.20. The van der Waals surface area contributed by atoms with Gasteiger partial charge in [-0.2, -0.15) is 0 Å². The summed E-state index contributed by atoms with van der Waals surface area (Å²) in [6.45, 7) is 6.26. The molecule has 0 amide bonds. The molecule has 0 aliphatic carbocycles. The number of nitrogens with one attached hydrogen (secondary N) is 1. The lowest BCUT2D eigenvalue weighted by Gasteiger charge is -2.28. The Hall–Kier alpha value is -1.06. The lowest BCUT2D eigenvalue weighted by molar-refractivity contribution is 0.0950. The zero-order valence-corrected chi connectivity index (χ0v) is 12.2. The molecule has 3 heteroatoms. The van der Waals surface area contributed by atoms with E-state index in [0.717, 1.165) is 31.7 Å². The van der Waals surface area contributed by atoms with Gasteiger partial charge in [-0.15, -0.1) is 0 Å². The van der Waals surface area contributed by atoms with Crippen LogP contribution in [0, 0.1) is 5.92 Å². The molecule has 2 rings (SSSR count). The Morgan fingerprint density at radius 2 is 2.21 bits per heavy atom. The van der Waals surface area contributed by atoms with Crippen molar-refractivity contribution < 1.29 is 9.47 Å². The van der Waals surface area contributed by atoms with Gasteiger partial charge in [-0.25, -0.2) is 0 Å². The van der Waals surface area contributed by atoms with Gasteiger partial charge in [0.25, 0.3) is 0 Å². The average molecular weight is 263 g/mol. The van der Waals surface area contributed by atoms with Gasteiger partial charge in [0.05, 0.1) is 13.2 Å². The van der Waals surface area contributed by atoms with Crippen LogP contribution in [0.2, 0.25) is 0 Å². The minimum Gasteiger partial charge on any atom is -0.496 e. The summed E-state index contributed by atoms with van der Waals surface area (Å²) in [6, 6.07) is 8.62. The maximum Gasteiger partial charge on any atom is 0.123 e. The second-order valence-electron chi connectivity index (χ2n) is 5.20. The Balaban J connectivity index is 2.25. The molecule has 0 radical (unpaired) electrons. The van der Waals surface area contributed by atoms with Gasteiger partial charge in [0.15, 0.2) is 0 Å². The first-order valence-corrected chi connectivity index (χ1v) is 7.25. The average Bonchev–Trinajstić information content (AvgIpc) is 2.86. The Bertz CT molecular complexity index is 394. The van der Waals surface area contributed by atoms with Crippen molar-refractivity contribution in [2.45, 2.75) is 38.8 Å². The number of hydrogen-bond acceptors (Lipinski definition) is 3. The summed E-state index contributed by atoms with van der Waals surface area (Å²) in [7, 11) is 1.74. The summed E-state index contributed by atoms with van der Waals surface area (Å²) >= 11 is 0. The molecule has 1 heterocycles. The van der Waals surface area contributed by atoms with Gasteiger partial charge in [-0.05, 0) is 32.4 Å². The van der Waals surface area contributed by atoms with Crippen molar-refractivity contribution in [3.8, 4) is 5.75 Å². The maximum atomic E-state index is 5.74. The number of benzene rings is 1. The lowest BCUT2D eigenvalue weighted by atomic mass is 9.87. The molecule has 1 aromatic carbocycles. The molecule has 3 atom stereocenters. The van der Waals surface area contributed by atoms with Crippen LogP contribution in [-0.2, 0) is 4.74 Å². The predicted molar refractivity (Wildman–Crippen MR) is 77.5 cm³/mol. The van der Waals surface area contributed by atoms with Gasteiger partial charge in [0.2, 0.25) is 0 Å². The van der Waals surface area contributed by atoms with Crippen molar-refractivity contribution in [1.82, 2.24) is 5.32 Å². The number of ether oxygens (including phenoxy) is 2. The van der Waals surface area contributed by atoms with Crippen molar-refractivity contribution in [2.75, 3.05) is 20.3 Å². The highest BCUT2D eigenvalue weighted by Gasteiger charge is 2.33. The lowest BCUT2D eigenvalue weighted by Crippen LogP contribution is -2.32. The summed E-state index contributed by atoms with van der Waals surface area (Å²) in [6.07, 6.45) is 2.55. The SMILES string of the molecule is CCCNC(c1ccccc1OC)C1CCOC1C. The van der Waals surface area contributed by atoms with E-state index in [2.05, 4.69) is 31.3 Å². The summed E-state index contributed by atoms with van der Waals surface area (Å²) in [5.74, 6) is 1.48. The van der Waals surface area contributed by atoms with E-state index in [1.165, 1.54) is 5.56 Å². The van der Waals surface area contributed by atoms with E-state index in [1.54, 1.807) is 7.11 Å². The van der Waals surface area contributed by atoms with Crippen molar-refractivity contribution in [3.63, 3.8) is 0 Å². The highest BCUT2D eigenvalue weighted by Crippen LogP contribution is 2.37. The summed E-state index contributed by atoms with van der Waals surface area (Å²) in [5.41, 5.74) is 1.25. The molecule has 1 aromatic rings.